The second-order valence-electron chi connectivity index (χ2n) is 4.45. The van der Waals surface area contributed by atoms with Crippen LogP contribution in [-0.4, -0.2) is 18.2 Å². The first kappa shape index (κ1) is 12.2. The van der Waals surface area contributed by atoms with E-state index in [4.69, 9.17) is 0 Å². The van der Waals surface area contributed by atoms with Crippen LogP contribution in [-0.2, 0) is 9.59 Å². The molecule has 1 aliphatic rings. The van der Waals surface area contributed by atoms with Gasteiger partial charge in [0.2, 0.25) is 5.91 Å². The van der Waals surface area contributed by atoms with E-state index in [0.29, 0.717) is 18.4 Å². The van der Waals surface area contributed by atoms with Crippen molar-refractivity contribution in [1.29, 1.82) is 0 Å². The summed E-state index contributed by atoms with van der Waals surface area (Å²) < 4.78 is 0. The van der Waals surface area contributed by atoms with Gasteiger partial charge in [-0.15, -0.1) is 0 Å². The molecule has 2 atom stereocenters. The predicted octanol–water partition coefficient (Wildman–Crippen LogP) is 2.05. The Kier molecular flexibility index (Phi) is 5.37. The second kappa shape index (κ2) is 6.59. The summed E-state index contributed by atoms with van der Waals surface area (Å²) in [4.78, 5) is 21.3. The van der Waals surface area contributed by atoms with Gasteiger partial charge in [0.25, 0.3) is 0 Å². The van der Waals surface area contributed by atoms with E-state index in [9.17, 15) is 9.59 Å². The van der Waals surface area contributed by atoms with E-state index in [1.165, 1.54) is 19.3 Å². The van der Waals surface area contributed by atoms with Crippen molar-refractivity contribution in [3.05, 3.63) is 0 Å². The van der Waals surface area contributed by atoms with E-state index in [0.717, 1.165) is 25.5 Å². The number of rotatable bonds is 5. The third-order valence-corrected chi connectivity index (χ3v) is 3.19. The molecule has 3 heteroatoms. The molecule has 0 aliphatic heterocycles. The van der Waals surface area contributed by atoms with Crippen molar-refractivity contribution >= 4 is 12.2 Å². The number of hydrogen-bond donors (Lipinski definition) is 1. The largest absolute Gasteiger partial charge is 0.353 e. The van der Waals surface area contributed by atoms with Crippen molar-refractivity contribution in [1.82, 2.24) is 5.32 Å². The number of amides is 1. The van der Waals surface area contributed by atoms with Crippen LogP contribution in [0.4, 0.5) is 0 Å². The zero-order chi connectivity index (χ0) is 11.1. The summed E-state index contributed by atoms with van der Waals surface area (Å²) in [6.45, 7) is 1.58. The Bertz CT molecular complexity index is 216. The van der Waals surface area contributed by atoms with E-state index in [1.54, 1.807) is 6.92 Å². The number of unbranched alkanes of at least 4 members (excludes halogenated alkanes) is 1. The zero-order valence-corrected chi connectivity index (χ0v) is 9.50. The van der Waals surface area contributed by atoms with Gasteiger partial charge in [0.05, 0.1) is 0 Å². The van der Waals surface area contributed by atoms with Crippen LogP contribution in [0.15, 0.2) is 0 Å². The minimum atomic E-state index is 0.0716. The summed E-state index contributed by atoms with van der Waals surface area (Å²) in [5, 5.41) is 3.03. The van der Waals surface area contributed by atoms with Crippen LogP contribution in [0.5, 0.6) is 0 Å². The maximum Gasteiger partial charge on any atom is 0.217 e. The normalized spacial score (nSPS) is 25.9. The Morgan fingerprint density at radius 1 is 1.40 bits per heavy atom. The van der Waals surface area contributed by atoms with Gasteiger partial charge in [0.15, 0.2) is 0 Å². The van der Waals surface area contributed by atoms with Gasteiger partial charge in [-0.05, 0) is 31.6 Å². The lowest BCUT2D eigenvalue weighted by Crippen LogP contribution is -2.41. The fourth-order valence-corrected chi connectivity index (χ4v) is 2.47. The molecule has 1 amide bonds. The van der Waals surface area contributed by atoms with Crippen molar-refractivity contribution in [2.75, 3.05) is 0 Å². The molecule has 0 spiro atoms. The fraction of sp³-hybridized carbons (Fsp3) is 0.833. The third-order valence-electron chi connectivity index (χ3n) is 3.19. The number of carbonyl (C=O) groups is 2. The molecule has 1 rings (SSSR count). The molecule has 0 bridgehead atoms. The van der Waals surface area contributed by atoms with Gasteiger partial charge < -0.3 is 10.1 Å². The topological polar surface area (TPSA) is 46.2 Å². The van der Waals surface area contributed by atoms with Crippen molar-refractivity contribution in [3.63, 3.8) is 0 Å². The van der Waals surface area contributed by atoms with Gasteiger partial charge in [-0.1, -0.05) is 12.8 Å². The molecular weight excluding hydrogens is 190 g/mol. The van der Waals surface area contributed by atoms with Crippen LogP contribution in [0, 0.1) is 5.92 Å². The monoisotopic (exact) mass is 211 g/mol. The molecule has 1 N–H and O–H groups in total. The Morgan fingerprint density at radius 2 is 2.13 bits per heavy atom. The summed E-state index contributed by atoms with van der Waals surface area (Å²) in [7, 11) is 0. The first-order valence-corrected chi connectivity index (χ1v) is 5.94. The van der Waals surface area contributed by atoms with E-state index in [1.807, 2.05) is 0 Å². The van der Waals surface area contributed by atoms with Crippen molar-refractivity contribution < 1.29 is 9.59 Å². The molecule has 1 aliphatic carbocycles. The first-order valence-electron chi connectivity index (χ1n) is 5.94. The van der Waals surface area contributed by atoms with Crippen LogP contribution in [0.1, 0.15) is 51.9 Å². The predicted molar refractivity (Wildman–Crippen MR) is 59.5 cm³/mol. The summed E-state index contributed by atoms with van der Waals surface area (Å²) in [5.74, 6) is 0.657. The van der Waals surface area contributed by atoms with Crippen LogP contribution in [0.3, 0.4) is 0 Å². The Hall–Kier alpha value is -0.860. The van der Waals surface area contributed by atoms with Gasteiger partial charge in [0, 0.05) is 19.4 Å². The minimum absolute atomic E-state index is 0.0716. The molecule has 0 heterocycles. The van der Waals surface area contributed by atoms with Crippen LogP contribution in [0.2, 0.25) is 0 Å². The highest BCUT2D eigenvalue weighted by molar-refractivity contribution is 5.73. The smallest absolute Gasteiger partial charge is 0.217 e. The third kappa shape index (κ3) is 4.45. The molecule has 86 valence electrons. The summed E-state index contributed by atoms with van der Waals surface area (Å²) >= 11 is 0. The summed E-state index contributed by atoms with van der Waals surface area (Å²) in [5.41, 5.74) is 0. The van der Waals surface area contributed by atoms with Gasteiger partial charge in [-0.25, -0.2) is 0 Å². The minimum Gasteiger partial charge on any atom is -0.353 e. The average Bonchev–Trinajstić information content (AvgIpc) is 2.20. The lowest BCUT2D eigenvalue weighted by Gasteiger charge is -2.31. The van der Waals surface area contributed by atoms with E-state index >= 15 is 0 Å². The quantitative estimate of drug-likeness (QED) is 0.559. The number of aldehydes is 1. The van der Waals surface area contributed by atoms with Gasteiger partial charge >= 0.3 is 0 Å². The lowest BCUT2D eigenvalue weighted by molar-refractivity contribution is -0.120. The molecule has 0 aromatic carbocycles. The standard InChI is InChI=1S/C12H21NO2/c1-10(15)13-12-8-3-2-6-11(12)7-4-5-9-14/h9,11-12H,2-8H2,1H3,(H,13,15)/t11-,12-/m0/s1. The maximum atomic E-state index is 11.0. The second-order valence-corrected chi connectivity index (χ2v) is 4.45. The number of hydrogen-bond acceptors (Lipinski definition) is 2. The number of carbonyl (C=O) groups excluding carboxylic acids is 2. The van der Waals surface area contributed by atoms with Crippen molar-refractivity contribution in [2.24, 2.45) is 5.92 Å². The molecule has 15 heavy (non-hydrogen) atoms. The van der Waals surface area contributed by atoms with Crippen LogP contribution < -0.4 is 5.32 Å². The van der Waals surface area contributed by atoms with Crippen molar-refractivity contribution in [3.8, 4) is 0 Å². The number of nitrogens with one attached hydrogen (secondary N) is 1. The molecule has 0 aromatic heterocycles. The van der Waals surface area contributed by atoms with Gasteiger partial charge in [0.1, 0.15) is 6.29 Å². The summed E-state index contributed by atoms with van der Waals surface area (Å²) in [6, 6.07) is 0.350. The molecule has 0 unspecified atom stereocenters. The van der Waals surface area contributed by atoms with Crippen LogP contribution >= 0.6 is 0 Å². The highest BCUT2D eigenvalue weighted by atomic mass is 16.1. The Balaban J connectivity index is 2.35. The lowest BCUT2D eigenvalue weighted by atomic mass is 9.81. The first-order chi connectivity index (χ1) is 7.24. The highest BCUT2D eigenvalue weighted by Crippen LogP contribution is 2.28. The van der Waals surface area contributed by atoms with Crippen molar-refractivity contribution in [2.45, 2.75) is 57.9 Å². The van der Waals surface area contributed by atoms with E-state index in [-0.39, 0.29) is 5.91 Å². The SMILES string of the molecule is CC(=O)N[C@H]1CCCC[C@H]1CCCC=O. The molecule has 3 nitrogen and oxygen atoms in total. The van der Waals surface area contributed by atoms with Gasteiger partial charge in [-0.3, -0.25) is 4.79 Å². The molecule has 0 aromatic rings. The van der Waals surface area contributed by atoms with E-state index in [2.05, 4.69) is 5.32 Å². The molecule has 1 fully saturated rings. The average molecular weight is 211 g/mol. The summed E-state index contributed by atoms with van der Waals surface area (Å²) in [6.07, 6.45) is 8.46. The molecule has 0 radical (unpaired) electrons. The zero-order valence-electron chi connectivity index (χ0n) is 9.50. The maximum absolute atomic E-state index is 11.0. The fourth-order valence-electron chi connectivity index (χ4n) is 2.47. The molecular formula is C12H21NO2. The molecule has 0 saturated heterocycles. The Labute approximate surface area is 91.6 Å². The Morgan fingerprint density at radius 3 is 2.80 bits per heavy atom. The highest BCUT2D eigenvalue weighted by Gasteiger charge is 2.24. The van der Waals surface area contributed by atoms with Gasteiger partial charge in [-0.2, -0.15) is 0 Å². The van der Waals surface area contributed by atoms with E-state index < -0.39 is 0 Å². The van der Waals surface area contributed by atoms with Crippen LogP contribution in [0.25, 0.3) is 0 Å². The molecule has 1 saturated carbocycles.